The topological polar surface area (TPSA) is 55.4 Å². The summed E-state index contributed by atoms with van der Waals surface area (Å²) < 4.78 is 31.9. The molecule has 25 heavy (non-hydrogen) atoms. The summed E-state index contributed by atoms with van der Waals surface area (Å²) in [5.41, 5.74) is 1.31. The third-order valence-electron chi connectivity index (χ3n) is 3.36. The molecular formula is C19H17F2NO3. The van der Waals surface area contributed by atoms with Crippen molar-refractivity contribution in [1.29, 1.82) is 0 Å². The standard InChI is InChI=1S/C19H17F2NO3/c1-12-6-8-14(9-7-12)10-11-17(23)25-13(2)19(24)22-18-15(20)4-3-5-16(18)21/h3-11,13H,1-2H3,(H,22,24)/b11-10+/t13-/m1/s1. The van der Waals surface area contributed by atoms with Crippen molar-refractivity contribution in [3.8, 4) is 0 Å². The normalized spacial score (nSPS) is 12.0. The number of hydrogen-bond acceptors (Lipinski definition) is 3. The van der Waals surface area contributed by atoms with Gasteiger partial charge < -0.3 is 10.1 Å². The van der Waals surface area contributed by atoms with E-state index in [9.17, 15) is 18.4 Å². The second kappa shape index (κ2) is 8.19. The van der Waals surface area contributed by atoms with E-state index >= 15 is 0 Å². The zero-order valence-electron chi connectivity index (χ0n) is 13.8. The molecule has 0 saturated carbocycles. The number of benzene rings is 2. The van der Waals surface area contributed by atoms with Crippen LogP contribution in [-0.2, 0) is 14.3 Å². The second-order valence-corrected chi connectivity index (χ2v) is 5.41. The van der Waals surface area contributed by atoms with E-state index in [1.54, 1.807) is 6.08 Å². The van der Waals surface area contributed by atoms with Gasteiger partial charge in [-0.1, -0.05) is 35.9 Å². The molecule has 0 aliphatic rings. The predicted octanol–water partition coefficient (Wildman–Crippen LogP) is 3.86. The van der Waals surface area contributed by atoms with Gasteiger partial charge in [-0.3, -0.25) is 4.79 Å². The highest BCUT2D eigenvalue weighted by Gasteiger charge is 2.19. The molecule has 1 amide bonds. The van der Waals surface area contributed by atoms with Gasteiger partial charge in [0.05, 0.1) is 0 Å². The van der Waals surface area contributed by atoms with Gasteiger partial charge in [-0.15, -0.1) is 0 Å². The molecule has 0 bridgehead atoms. The summed E-state index contributed by atoms with van der Waals surface area (Å²) in [6.45, 7) is 3.26. The van der Waals surface area contributed by atoms with Crippen molar-refractivity contribution in [2.75, 3.05) is 5.32 Å². The van der Waals surface area contributed by atoms with Crippen LogP contribution in [0.2, 0.25) is 0 Å². The molecule has 4 nitrogen and oxygen atoms in total. The first kappa shape index (κ1) is 18.3. The minimum absolute atomic E-state index is 0.578. The van der Waals surface area contributed by atoms with Crippen LogP contribution in [0.15, 0.2) is 48.5 Å². The Kier molecular flexibility index (Phi) is 6.00. The molecule has 0 fully saturated rings. The number of amides is 1. The van der Waals surface area contributed by atoms with Crippen LogP contribution >= 0.6 is 0 Å². The fourth-order valence-corrected chi connectivity index (χ4v) is 1.95. The van der Waals surface area contributed by atoms with Gasteiger partial charge in [-0.05, 0) is 37.6 Å². The van der Waals surface area contributed by atoms with Crippen molar-refractivity contribution in [2.45, 2.75) is 20.0 Å². The number of esters is 1. The average molecular weight is 345 g/mol. The summed E-state index contributed by atoms with van der Waals surface area (Å²) in [5.74, 6) is -3.39. The van der Waals surface area contributed by atoms with Gasteiger partial charge in [0.2, 0.25) is 0 Å². The molecule has 0 aliphatic heterocycles. The predicted molar refractivity (Wildman–Crippen MR) is 90.8 cm³/mol. The Morgan fingerprint density at radius 2 is 1.68 bits per heavy atom. The first-order valence-corrected chi connectivity index (χ1v) is 7.57. The molecule has 2 aromatic carbocycles. The van der Waals surface area contributed by atoms with Crippen molar-refractivity contribution >= 4 is 23.6 Å². The molecule has 0 saturated heterocycles. The van der Waals surface area contributed by atoms with E-state index in [4.69, 9.17) is 4.74 Å². The number of hydrogen-bond donors (Lipinski definition) is 1. The Labute approximate surface area is 144 Å². The van der Waals surface area contributed by atoms with Crippen LogP contribution in [0, 0.1) is 18.6 Å². The number of anilines is 1. The molecule has 2 rings (SSSR count). The lowest BCUT2D eigenvalue weighted by molar-refractivity contribution is -0.148. The number of halogens is 2. The molecule has 0 spiro atoms. The third kappa shape index (κ3) is 5.24. The first-order chi connectivity index (χ1) is 11.9. The van der Waals surface area contributed by atoms with Crippen LogP contribution in [-0.4, -0.2) is 18.0 Å². The van der Waals surface area contributed by atoms with E-state index in [1.807, 2.05) is 31.2 Å². The van der Waals surface area contributed by atoms with Crippen molar-refractivity contribution < 1.29 is 23.1 Å². The average Bonchev–Trinajstić information content (AvgIpc) is 2.57. The smallest absolute Gasteiger partial charge is 0.331 e. The van der Waals surface area contributed by atoms with Crippen molar-refractivity contribution in [2.24, 2.45) is 0 Å². The zero-order valence-corrected chi connectivity index (χ0v) is 13.8. The van der Waals surface area contributed by atoms with Crippen molar-refractivity contribution in [1.82, 2.24) is 0 Å². The minimum atomic E-state index is -1.21. The highest BCUT2D eigenvalue weighted by atomic mass is 19.1. The molecule has 0 aromatic heterocycles. The number of ether oxygens (including phenoxy) is 1. The maximum absolute atomic E-state index is 13.5. The van der Waals surface area contributed by atoms with Crippen LogP contribution in [0.4, 0.5) is 14.5 Å². The Hall–Kier alpha value is -3.02. The highest BCUT2D eigenvalue weighted by Crippen LogP contribution is 2.18. The van der Waals surface area contributed by atoms with Crippen molar-refractivity contribution in [3.05, 3.63) is 71.3 Å². The zero-order chi connectivity index (χ0) is 18.4. The summed E-state index contributed by atoms with van der Waals surface area (Å²) in [5, 5.41) is 2.07. The summed E-state index contributed by atoms with van der Waals surface area (Å²) in [4.78, 5) is 23.7. The van der Waals surface area contributed by atoms with Crippen LogP contribution in [0.3, 0.4) is 0 Å². The molecule has 2 aromatic rings. The number of aryl methyl sites for hydroxylation is 1. The molecule has 0 aliphatic carbocycles. The van der Waals surface area contributed by atoms with Crippen molar-refractivity contribution in [3.63, 3.8) is 0 Å². The Morgan fingerprint density at radius 1 is 1.08 bits per heavy atom. The van der Waals surface area contributed by atoms with E-state index in [0.717, 1.165) is 23.3 Å². The SMILES string of the molecule is Cc1ccc(/C=C/C(=O)O[C@H](C)C(=O)Nc2c(F)cccc2F)cc1. The molecule has 130 valence electrons. The maximum Gasteiger partial charge on any atom is 0.331 e. The molecule has 0 radical (unpaired) electrons. The molecule has 0 unspecified atom stereocenters. The fourth-order valence-electron chi connectivity index (χ4n) is 1.95. The van der Waals surface area contributed by atoms with E-state index < -0.39 is 35.3 Å². The van der Waals surface area contributed by atoms with Gasteiger partial charge >= 0.3 is 5.97 Å². The number of carbonyl (C=O) groups excluding carboxylic acids is 2. The van der Waals surface area contributed by atoms with Crippen LogP contribution in [0.1, 0.15) is 18.1 Å². The molecule has 1 N–H and O–H groups in total. The second-order valence-electron chi connectivity index (χ2n) is 5.41. The number of para-hydroxylation sites is 1. The Morgan fingerprint density at radius 3 is 2.28 bits per heavy atom. The fraction of sp³-hybridized carbons (Fsp3) is 0.158. The van der Waals surface area contributed by atoms with E-state index in [1.165, 1.54) is 19.1 Å². The molecule has 6 heteroatoms. The van der Waals surface area contributed by atoms with Gasteiger partial charge in [0, 0.05) is 6.08 Å². The molecule has 0 heterocycles. The minimum Gasteiger partial charge on any atom is -0.449 e. The first-order valence-electron chi connectivity index (χ1n) is 7.57. The van der Waals surface area contributed by atoms with Gasteiger partial charge in [0.15, 0.2) is 6.10 Å². The Balaban J connectivity index is 1.94. The Bertz CT molecular complexity index is 781. The summed E-state index contributed by atoms with van der Waals surface area (Å²) in [6.07, 6.45) is 1.51. The van der Waals surface area contributed by atoms with Gasteiger partial charge in [0.1, 0.15) is 17.3 Å². The lowest BCUT2D eigenvalue weighted by atomic mass is 10.1. The quantitative estimate of drug-likeness (QED) is 0.661. The highest BCUT2D eigenvalue weighted by molar-refractivity contribution is 5.96. The number of nitrogens with one attached hydrogen (secondary N) is 1. The van der Waals surface area contributed by atoms with Crippen LogP contribution in [0.25, 0.3) is 6.08 Å². The molecule has 1 atom stereocenters. The van der Waals surface area contributed by atoms with Crippen LogP contribution < -0.4 is 5.32 Å². The van der Waals surface area contributed by atoms with E-state index in [-0.39, 0.29) is 0 Å². The number of carbonyl (C=O) groups is 2. The third-order valence-corrected chi connectivity index (χ3v) is 3.36. The summed E-state index contributed by atoms with van der Waals surface area (Å²) in [7, 11) is 0. The lowest BCUT2D eigenvalue weighted by Gasteiger charge is -2.13. The summed E-state index contributed by atoms with van der Waals surface area (Å²) >= 11 is 0. The van der Waals surface area contributed by atoms with E-state index in [2.05, 4.69) is 5.32 Å². The van der Waals surface area contributed by atoms with Crippen LogP contribution in [0.5, 0.6) is 0 Å². The monoisotopic (exact) mass is 345 g/mol. The van der Waals surface area contributed by atoms with Gasteiger partial charge in [-0.25, -0.2) is 13.6 Å². The molecular weight excluding hydrogens is 328 g/mol. The van der Waals surface area contributed by atoms with Gasteiger partial charge in [-0.2, -0.15) is 0 Å². The summed E-state index contributed by atoms with van der Waals surface area (Å²) in [6, 6.07) is 10.7. The number of rotatable bonds is 5. The van der Waals surface area contributed by atoms with E-state index in [0.29, 0.717) is 0 Å². The lowest BCUT2D eigenvalue weighted by Crippen LogP contribution is -2.30. The van der Waals surface area contributed by atoms with Gasteiger partial charge in [0.25, 0.3) is 5.91 Å². The maximum atomic E-state index is 13.5. The largest absolute Gasteiger partial charge is 0.449 e.